The zero-order chi connectivity index (χ0) is 9.26. The van der Waals surface area contributed by atoms with Crippen LogP contribution in [0, 0.1) is 3.57 Å². The van der Waals surface area contributed by atoms with E-state index in [4.69, 9.17) is 4.42 Å². The van der Waals surface area contributed by atoms with Crippen LogP contribution in [-0.2, 0) is 0 Å². The molecule has 1 aromatic heterocycles. The topological polar surface area (TPSA) is 58.9 Å². The third-order valence-corrected chi connectivity index (χ3v) is 2.18. The summed E-state index contributed by atoms with van der Waals surface area (Å²) in [6.45, 7) is 0. The molecular formula is C8H5IN2O2. The van der Waals surface area contributed by atoms with Gasteiger partial charge in [-0.1, -0.05) is 6.07 Å². The van der Waals surface area contributed by atoms with E-state index in [1.807, 2.05) is 24.3 Å². The normalized spacial score (nSPS) is 10.2. The predicted octanol–water partition coefficient (Wildman–Crippen LogP) is 1.63. The third-order valence-electron chi connectivity index (χ3n) is 1.51. The maximum atomic E-state index is 10.7. The van der Waals surface area contributed by atoms with Crippen molar-refractivity contribution in [1.29, 1.82) is 0 Å². The molecule has 0 bridgehead atoms. The Morgan fingerprint density at radius 1 is 1.46 bits per heavy atom. The molecule has 0 aliphatic rings. The van der Waals surface area contributed by atoms with Gasteiger partial charge in [0, 0.05) is 9.13 Å². The molecule has 0 amide bonds. The molecule has 5 heteroatoms. The van der Waals surface area contributed by atoms with Gasteiger partial charge in [0.15, 0.2) is 0 Å². The summed E-state index contributed by atoms with van der Waals surface area (Å²) < 4.78 is 5.87. The van der Waals surface area contributed by atoms with E-state index in [-0.39, 0.29) is 0 Å². The quantitative estimate of drug-likeness (QED) is 0.811. The standard InChI is InChI=1S/C8H5IN2O2/c9-6-3-1-2-5(4-6)7-10-11-8(12)13-7/h1-4H,(H,11,12). The summed E-state index contributed by atoms with van der Waals surface area (Å²) in [5.74, 6) is -0.211. The molecular weight excluding hydrogens is 283 g/mol. The Bertz CT molecular complexity index is 475. The Hall–Kier alpha value is -1.11. The zero-order valence-electron chi connectivity index (χ0n) is 6.45. The number of aromatic amines is 1. The molecule has 13 heavy (non-hydrogen) atoms. The highest BCUT2D eigenvalue weighted by Gasteiger charge is 2.04. The molecule has 0 fully saturated rings. The van der Waals surface area contributed by atoms with Crippen LogP contribution in [0.25, 0.3) is 11.5 Å². The van der Waals surface area contributed by atoms with Crippen molar-refractivity contribution in [1.82, 2.24) is 10.2 Å². The number of nitrogens with zero attached hydrogens (tertiary/aromatic N) is 1. The van der Waals surface area contributed by atoms with Gasteiger partial charge in [-0.15, -0.1) is 5.10 Å². The zero-order valence-corrected chi connectivity index (χ0v) is 8.61. The Kier molecular flexibility index (Phi) is 2.17. The smallest absolute Gasteiger partial charge is 0.388 e. The fraction of sp³-hybridized carbons (Fsp3) is 0. The van der Waals surface area contributed by atoms with Crippen molar-refractivity contribution in [2.45, 2.75) is 0 Å². The van der Waals surface area contributed by atoms with E-state index >= 15 is 0 Å². The van der Waals surface area contributed by atoms with Crippen molar-refractivity contribution in [3.05, 3.63) is 38.4 Å². The van der Waals surface area contributed by atoms with Gasteiger partial charge in [-0.3, -0.25) is 0 Å². The van der Waals surface area contributed by atoms with E-state index < -0.39 is 5.76 Å². The Morgan fingerprint density at radius 3 is 2.92 bits per heavy atom. The number of benzene rings is 1. The lowest BCUT2D eigenvalue weighted by atomic mass is 10.2. The number of aromatic nitrogens is 2. The number of nitrogens with one attached hydrogen (secondary N) is 1. The molecule has 0 aliphatic heterocycles. The van der Waals surface area contributed by atoms with Crippen LogP contribution in [0.1, 0.15) is 0 Å². The van der Waals surface area contributed by atoms with E-state index in [1.165, 1.54) is 0 Å². The molecule has 4 nitrogen and oxygen atoms in total. The van der Waals surface area contributed by atoms with Crippen LogP contribution in [0.2, 0.25) is 0 Å². The average molecular weight is 288 g/mol. The first kappa shape index (κ1) is 8.49. The van der Waals surface area contributed by atoms with Crippen molar-refractivity contribution < 1.29 is 4.42 Å². The van der Waals surface area contributed by atoms with Crippen molar-refractivity contribution in [3.63, 3.8) is 0 Å². The highest BCUT2D eigenvalue weighted by molar-refractivity contribution is 14.1. The highest BCUT2D eigenvalue weighted by atomic mass is 127. The van der Waals surface area contributed by atoms with Crippen LogP contribution < -0.4 is 5.76 Å². The Morgan fingerprint density at radius 2 is 2.31 bits per heavy atom. The van der Waals surface area contributed by atoms with Gasteiger partial charge in [0.2, 0.25) is 5.89 Å². The second kappa shape index (κ2) is 3.33. The number of halogens is 1. The lowest BCUT2D eigenvalue weighted by molar-refractivity contribution is 0.527. The molecule has 0 atom stereocenters. The summed E-state index contributed by atoms with van der Waals surface area (Å²) >= 11 is 2.18. The van der Waals surface area contributed by atoms with Crippen molar-refractivity contribution in [2.75, 3.05) is 0 Å². The number of hydrogen-bond acceptors (Lipinski definition) is 3. The second-order valence-corrected chi connectivity index (χ2v) is 3.67. The molecule has 66 valence electrons. The SMILES string of the molecule is O=c1[nH]nc(-c2cccc(I)c2)o1. The first-order valence-electron chi connectivity index (χ1n) is 3.57. The van der Waals surface area contributed by atoms with Crippen molar-refractivity contribution in [3.8, 4) is 11.5 Å². The van der Waals surface area contributed by atoms with Crippen LogP contribution in [0.4, 0.5) is 0 Å². The summed E-state index contributed by atoms with van der Waals surface area (Å²) in [6.07, 6.45) is 0. The minimum atomic E-state index is -0.533. The molecule has 0 unspecified atom stereocenters. The molecule has 1 heterocycles. The van der Waals surface area contributed by atoms with E-state index in [9.17, 15) is 4.79 Å². The highest BCUT2D eigenvalue weighted by Crippen LogP contribution is 2.17. The van der Waals surface area contributed by atoms with Crippen LogP contribution >= 0.6 is 22.6 Å². The fourth-order valence-corrected chi connectivity index (χ4v) is 1.52. The molecule has 0 saturated carbocycles. The monoisotopic (exact) mass is 288 g/mol. The first-order chi connectivity index (χ1) is 6.25. The van der Waals surface area contributed by atoms with Gasteiger partial charge in [-0.05, 0) is 40.8 Å². The summed E-state index contributed by atoms with van der Waals surface area (Å²) in [6, 6.07) is 7.56. The predicted molar refractivity (Wildman–Crippen MR) is 55.3 cm³/mol. The molecule has 2 rings (SSSR count). The van der Waals surface area contributed by atoms with Crippen LogP contribution in [-0.4, -0.2) is 10.2 Å². The lowest BCUT2D eigenvalue weighted by Gasteiger charge is -1.93. The molecule has 2 aromatic rings. The molecule has 0 spiro atoms. The van der Waals surface area contributed by atoms with E-state index in [2.05, 4.69) is 32.8 Å². The Balaban J connectivity index is 2.52. The van der Waals surface area contributed by atoms with Crippen LogP contribution in [0.3, 0.4) is 0 Å². The van der Waals surface area contributed by atoms with Crippen LogP contribution in [0.5, 0.6) is 0 Å². The maximum absolute atomic E-state index is 10.7. The van der Waals surface area contributed by atoms with Crippen molar-refractivity contribution in [2.24, 2.45) is 0 Å². The summed E-state index contributed by atoms with van der Waals surface area (Å²) in [5, 5.41) is 5.93. The van der Waals surface area contributed by atoms with Gasteiger partial charge in [0.25, 0.3) is 0 Å². The maximum Gasteiger partial charge on any atom is 0.434 e. The fourth-order valence-electron chi connectivity index (χ4n) is 0.975. The van der Waals surface area contributed by atoms with Gasteiger partial charge in [0.1, 0.15) is 0 Å². The van der Waals surface area contributed by atoms with E-state index in [1.54, 1.807) is 0 Å². The number of H-pyrrole nitrogens is 1. The first-order valence-corrected chi connectivity index (χ1v) is 4.65. The summed E-state index contributed by atoms with van der Waals surface area (Å²) in [4.78, 5) is 10.7. The molecule has 0 radical (unpaired) electrons. The average Bonchev–Trinajstić information content (AvgIpc) is 2.52. The molecule has 1 N–H and O–H groups in total. The van der Waals surface area contributed by atoms with Gasteiger partial charge in [-0.2, -0.15) is 0 Å². The molecule has 1 aromatic carbocycles. The Labute approximate surface area is 87.1 Å². The lowest BCUT2D eigenvalue weighted by Crippen LogP contribution is -1.93. The number of hydrogen-bond donors (Lipinski definition) is 1. The van der Waals surface area contributed by atoms with Crippen LogP contribution in [0.15, 0.2) is 33.5 Å². The third kappa shape index (κ3) is 1.80. The molecule has 0 saturated heterocycles. The largest absolute Gasteiger partial charge is 0.434 e. The van der Waals surface area contributed by atoms with Gasteiger partial charge >= 0.3 is 5.76 Å². The van der Waals surface area contributed by atoms with E-state index in [0.29, 0.717) is 5.89 Å². The minimum Gasteiger partial charge on any atom is -0.388 e. The van der Waals surface area contributed by atoms with Gasteiger partial charge in [-0.25, -0.2) is 9.89 Å². The van der Waals surface area contributed by atoms with Gasteiger partial charge in [0.05, 0.1) is 0 Å². The number of rotatable bonds is 1. The summed E-state index contributed by atoms with van der Waals surface area (Å²) in [7, 11) is 0. The van der Waals surface area contributed by atoms with Gasteiger partial charge < -0.3 is 4.42 Å². The summed E-state index contributed by atoms with van der Waals surface area (Å²) in [5.41, 5.74) is 0.797. The second-order valence-electron chi connectivity index (χ2n) is 2.43. The molecule has 0 aliphatic carbocycles. The van der Waals surface area contributed by atoms with E-state index in [0.717, 1.165) is 9.13 Å². The van der Waals surface area contributed by atoms with Crippen molar-refractivity contribution >= 4 is 22.6 Å². The minimum absolute atomic E-state index is 0.323.